The molecule has 1 aromatic heterocycles. The summed E-state index contributed by atoms with van der Waals surface area (Å²) in [6.07, 6.45) is 1.42. The van der Waals surface area contributed by atoms with E-state index < -0.39 is 32.4 Å². The van der Waals surface area contributed by atoms with Crippen LogP contribution in [0.25, 0.3) is 0 Å². The molecule has 0 bridgehead atoms. The monoisotopic (exact) mass is 479 g/mol. The van der Waals surface area contributed by atoms with E-state index in [-0.39, 0.29) is 27.4 Å². The van der Waals surface area contributed by atoms with Gasteiger partial charge in [0.2, 0.25) is 0 Å². The lowest BCUT2D eigenvalue weighted by molar-refractivity contribution is 0.504. The second-order valence-electron chi connectivity index (χ2n) is 5.40. The predicted molar refractivity (Wildman–Crippen MR) is 97.6 cm³/mol. The lowest BCUT2D eigenvalue weighted by atomic mass is 10.2. The van der Waals surface area contributed by atoms with Crippen LogP contribution in [-0.2, 0) is 16.6 Å². The summed E-state index contributed by atoms with van der Waals surface area (Å²) in [6, 6.07) is 6.41. The van der Waals surface area contributed by atoms with Crippen molar-refractivity contribution >= 4 is 43.4 Å². The highest BCUT2D eigenvalue weighted by Crippen LogP contribution is 2.26. The first-order valence-corrected chi connectivity index (χ1v) is 9.96. The van der Waals surface area contributed by atoms with Crippen LogP contribution in [0.5, 0.6) is 0 Å². The van der Waals surface area contributed by atoms with Gasteiger partial charge in [-0.3, -0.25) is 9.40 Å². The fraction of sp³-hybridized carbons (Fsp3) is 0.0625. The minimum atomic E-state index is -4.21. The molecule has 0 aliphatic carbocycles. The third-order valence-corrected chi connectivity index (χ3v) is 5.80. The lowest BCUT2D eigenvalue weighted by Gasteiger charge is -2.07. The maximum atomic E-state index is 13.9. The molecule has 0 radical (unpaired) electrons. The number of nitrogens with one attached hydrogen (secondary N) is 1. The molecule has 0 amide bonds. The molecule has 3 aromatic rings. The summed E-state index contributed by atoms with van der Waals surface area (Å²) in [7, 11) is -4.21. The van der Waals surface area contributed by atoms with Crippen LogP contribution in [0.2, 0.25) is 5.02 Å². The normalized spacial score (nSPS) is 11.6. The Kier molecular flexibility index (Phi) is 5.50. The molecule has 2 aromatic carbocycles. The van der Waals surface area contributed by atoms with Crippen LogP contribution in [0.1, 0.15) is 5.56 Å². The number of hydrogen-bond acceptors (Lipinski definition) is 3. The van der Waals surface area contributed by atoms with Gasteiger partial charge in [0, 0.05) is 16.8 Å². The molecule has 0 unspecified atom stereocenters. The number of nitrogens with zero attached hydrogens (tertiary/aromatic N) is 2. The van der Waals surface area contributed by atoms with Crippen LogP contribution in [0, 0.1) is 17.5 Å². The Balaban J connectivity index is 1.87. The quantitative estimate of drug-likeness (QED) is 0.582. The van der Waals surface area contributed by atoms with Gasteiger partial charge in [0.05, 0.1) is 15.9 Å². The SMILES string of the molecule is O=S(=O)(Nc1nn(Cc2c(F)cccc2Cl)cc1Br)c1ccc(F)c(F)c1. The standard InChI is InChI=1S/C16H10BrClF3N3O2S/c17-11-8-24(7-10-12(18)2-1-3-13(10)19)22-16(11)23-27(25,26)9-4-5-14(20)15(21)6-9/h1-6,8H,7H2,(H,22,23). The number of rotatable bonds is 5. The Morgan fingerprint density at radius 1 is 1.11 bits per heavy atom. The molecule has 0 fully saturated rings. The smallest absolute Gasteiger partial charge is 0.263 e. The maximum absolute atomic E-state index is 13.9. The van der Waals surface area contributed by atoms with E-state index in [0.29, 0.717) is 12.1 Å². The molecule has 1 heterocycles. The summed E-state index contributed by atoms with van der Waals surface area (Å²) in [6.45, 7) is -0.0446. The Hall–Kier alpha value is -2.04. The fourth-order valence-corrected chi connectivity index (χ4v) is 4.02. The van der Waals surface area contributed by atoms with Crippen molar-refractivity contribution in [2.75, 3.05) is 4.72 Å². The van der Waals surface area contributed by atoms with Gasteiger partial charge in [-0.15, -0.1) is 0 Å². The zero-order valence-electron chi connectivity index (χ0n) is 13.3. The van der Waals surface area contributed by atoms with E-state index in [4.69, 9.17) is 11.6 Å². The van der Waals surface area contributed by atoms with Crippen LogP contribution in [0.3, 0.4) is 0 Å². The summed E-state index contributed by atoms with van der Waals surface area (Å²) in [5.41, 5.74) is 0.184. The van der Waals surface area contributed by atoms with Gasteiger partial charge < -0.3 is 0 Å². The van der Waals surface area contributed by atoms with Gasteiger partial charge in [0.15, 0.2) is 17.5 Å². The number of sulfonamides is 1. The summed E-state index contributed by atoms with van der Waals surface area (Å²) < 4.78 is 68.6. The highest BCUT2D eigenvalue weighted by Gasteiger charge is 2.20. The van der Waals surface area contributed by atoms with Crippen molar-refractivity contribution in [1.82, 2.24) is 9.78 Å². The molecular formula is C16H10BrClF3N3O2S. The van der Waals surface area contributed by atoms with E-state index in [0.717, 1.165) is 6.07 Å². The first-order valence-electron chi connectivity index (χ1n) is 7.31. The van der Waals surface area contributed by atoms with Crippen molar-refractivity contribution in [3.63, 3.8) is 0 Å². The van der Waals surface area contributed by atoms with Crippen LogP contribution in [0.4, 0.5) is 19.0 Å². The van der Waals surface area contributed by atoms with Gasteiger partial charge in [0.1, 0.15) is 5.82 Å². The minimum absolute atomic E-state index is 0.0446. The van der Waals surface area contributed by atoms with Gasteiger partial charge in [-0.1, -0.05) is 17.7 Å². The molecule has 0 aliphatic heterocycles. The van der Waals surface area contributed by atoms with Gasteiger partial charge >= 0.3 is 0 Å². The summed E-state index contributed by atoms with van der Waals surface area (Å²) in [5.74, 6) is -3.09. The molecule has 0 aliphatic rings. The predicted octanol–water partition coefficient (Wildman–Crippen LogP) is 4.57. The van der Waals surface area contributed by atoms with E-state index in [2.05, 4.69) is 25.8 Å². The third-order valence-electron chi connectivity index (χ3n) is 3.53. The van der Waals surface area contributed by atoms with Gasteiger partial charge in [0.25, 0.3) is 10.0 Å². The molecular weight excluding hydrogens is 471 g/mol. The van der Waals surface area contributed by atoms with Crippen molar-refractivity contribution in [3.05, 3.63) is 75.1 Å². The third kappa shape index (κ3) is 4.28. The number of hydrogen-bond donors (Lipinski definition) is 1. The highest BCUT2D eigenvalue weighted by atomic mass is 79.9. The zero-order chi connectivity index (χ0) is 19.8. The number of benzene rings is 2. The van der Waals surface area contributed by atoms with E-state index >= 15 is 0 Å². The molecule has 0 spiro atoms. The van der Waals surface area contributed by atoms with Crippen LogP contribution in [-0.4, -0.2) is 18.2 Å². The van der Waals surface area contributed by atoms with Crippen LogP contribution in [0.15, 0.2) is 52.0 Å². The Bertz CT molecular complexity index is 1100. The first-order chi connectivity index (χ1) is 12.7. The Morgan fingerprint density at radius 3 is 2.52 bits per heavy atom. The average Bonchev–Trinajstić information content (AvgIpc) is 2.92. The van der Waals surface area contributed by atoms with Gasteiger partial charge in [-0.05, 0) is 46.3 Å². The summed E-state index contributed by atoms with van der Waals surface area (Å²) in [5, 5.41) is 4.22. The van der Waals surface area contributed by atoms with Crippen molar-refractivity contribution in [2.45, 2.75) is 11.4 Å². The molecule has 3 rings (SSSR count). The highest BCUT2D eigenvalue weighted by molar-refractivity contribution is 9.10. The maximum Gasteiger partial charge on any atom is 0.263 e. The molecule has 0 atom stereocenters. The number of anilines is 1. The van der Waals surface area contributed by atoms with Crippen LogP contribution < -0.4 is 4.72 Å². The van der Waals surface area contributed by atoms with E-state index in [1.807, 2.05) is 0 Å². The summed E-state index contributed by atoms with van der Waals surface area (Å²) in [4.78, 5) is -0.472. The first kappa shape index (κ1) is 19.7. The van der Waals surface area contributed by atoms with E-state index in [9.17, 15) is 21.6 Å². The van der Waals surface area contributed by atoms with Crippen molar-refractivity contribution in [3.8, 4) is 0 Å². The second-order valence-corrected chi connectivity index (χ2v) is 8.35. The Labute approximate surface area is 165 Å². The minimum Gasteiger partial charge on any atom is -0.265 e. The van der Waals surface area contributed by atoms with Crippen molar-refractivity contribution in [1.29, 1.82) is 0 Å². The molecule has 27 heavy (non-hydrogen) atoms. The zero-order valence-corrected chi connectivity index (χ0v) is 16.4. The largest absolute Gasteiger partial charge is 0.265 e. The summed E-state index contributed by atoms with van der Waals surface area (Å²) >= 11 is 9.12. The molecule has 1 N–H and O–H groups in total. The van der Waals surface area contributed by atoms with E-state index in [1.165, 1.54) is 29.1 Å². The van der Waals surface area contributed by atoms with Crippen molar-refractivity contribution < 1.29 is 21.6 Å². The average molecular weight is 481 g/mol. The molecule has 142 valence electrons. The molecule has 0 saturated heterocycles. The fourth-order valence-electron chi connectivity index (χ4n) is 2.22. The molecule has 11 heteroatoms. The number of aromatic nitrogens is 2. The Morgan fingerprint density at radius 2 is 1.85 bits per heavy atom. The number of halogens is 5. The topological polar surface area (TPSA) is 64.0 Å². The van der Waals surface area contributed by atoms with E-state index in [1.54, 1.807) is 0 Å². The molecule has 0 saturated carbocycles. The van der Waals surface area contributed by atoms with Gasteiger partial charge in [-0.2, -0.15) is 5.10 Å². The second kappa shape index (κ2) is 7.53. The van der Waals surface area contributed by atoms with Crippen LogP contribution >= 0.6 is 27.5 Å². The van der Waals surface area contributed by atoms with Gasteiger partial charge in [-0.25, -0.2) is 21.6 Å². The molecule has 5 nitrogen and oxygen atoms in total. The lowest BCUT2D eigenvalue weighted by Crippen LogP contribution is -2.14. The van der Waals surface area contributed by atoms with Crippen molar-refractivity contribution in [2.24, 2.45) is 0 Å².